The van der Waals surface area contributed by atoms with Gasteiger partial charge in [-0.3, -0.25) is 14.6 Å². The normalized spacial score (nSPS) is 10.5. The molecule has 1 aromatic heterocycles. The molecule has 0 atom stereocenters. The fraction of sp³-hybridized carbons (Fsp3) is 0.136. The van der Waals surface area contributed by atoms with E-state index < -0.39 is 5.91 Å². The molecule has 0 unspecified atom stereocenters. The molecule has 0 saturated heterocycles. The summed E-state index contributed by atoms with van der Waals surface area (Å²) in [5, 5.41) is 19.8. The van der Waals surface area contributed by atoms with E-state index in [1.165, 1.54) is 15.9 Å². The molecule has 0 saturated carbocycles. The first-order valence-electron chi connectivity index (χ1n) is 9.02. The van der Waals surface area contributed by atoms with Gasteiger partial charge in [0.25, 0.3) is 11.8 Å². The molecule has 154 valence electrons. The zero-order chi connectivity index (χ0) is 21.8. The summed E-state index contributed by atoms with van der Waals surface area (Å²) in [5.41, 5.74) is 1.77. The molecular weight excluding hydrogens is 406 g/mol. The lowest BCUT2D eigenvalue weighted by molar-refractivity contribution is 0.0827. The number of halogens is 1. The smallest absolute Gasteiger partial charge is 0.262 e. The molecular formula is C22H20ClN3O4. The van der Waals surface area contributed by atoms with E-state index in [0.29, 0.717) is 11.3 Å². The monoisotopic (exact) mass is 425 g/mol. The number of benzene rings is 2. The standard InChI is InChI=1S/C22H20ClN3O4/c1-25(2)21(29)15-3-5-16(6-4-15)26(13-14-7-9-24-10-8-14)22(30)17-11-18(23)20(28)12-19(17)27/h3-12,27-28H,13H2,1-2H3. The number of amides is 2. The highest BCUT2D eigenvalue weighted by Gasteiger charge is 2.23. The van der Waals surface area contributed by atoms with Crippen molar-refractivity contribution in [2.75, 3.05) is 19.0 Å². The van der Waals surface area contributed by atoms with Gasteiger partial charge in [-0.15, -0.1) is 0 Å². The number of phenolic OH excluding ortho intramolecular Hbond substituents is 2. The van der Waals surface area contributed by atoms with E-state index >= 15 is 0 Å². The maximum Gasteiger partial charge on any atom is 0.262 e. The number of nitrogens with zero attached hydrogens (tertiary/aromatic N) is 3. The Kier molecular flexibility index (Phi) is 6.23. The number of hydrogen-bond acceptors (Lipinski definition) is 5. The fourth-order valence-corrected chi connectivity index (χ4v) is 3.02. The summed E-state index contributed by atoms with van der Waals surface area (Å²) in [5.74, 6) is -1.38. The number of aromatic hydroxyl groups is 2. The summed E-state index contributed by atoms with van der Waals surface area (Å²) in [7, 11) is 3.32. The Morgan fingerprint density at radius 3 is 2.17 bits per heavy atom. The van der Waals surface area contributed by atoms with Gasteiger partial charge in [0.2, 0.25) is 0 Å². The van der Waals surface area contributed by atoms with Gasteiger partial charge in [0.05, 0.1) is 17.1 Å². The van der Waals surface area contributed by atoms with Gasteiger partial charge in [0.1, 0.15) is 11.5 Å². The molecule has 3 rings (SSSR count). The van der Waals surface area contributed by atoms with Gasteiger partial charge in [0.15, 0.2) is 0 Å². The van der Waals surface area contributed by atoms with Crippen molar-refractivity contribution in [2.45, 2.75) is 6.54 Å². The number of aromatic nitrogens is 1. The van der Waals surface area contributed by atoms with E-state index in [4.69, 9.17) is 11.6 Å². The molecule has 0 aliphatic heterocycles. The molecule has 3 aromatic rings. The average molecular weight is 426 g/mol. The minimum absolute atomic E-state index is 0.0491. The summed E-state index contributed by atoms with van der Waals surface area (Å²) in [6.45, 7) is 0.195. The molecule has 0 aliphatic rings. The third kappa shape index (κ3) is 4.52. The van der Waals surface area contributed by atoms with Gasteiger partial charge in [-0.2, -0.15) is 0 Å². The van der Waals surface area contributed by atoms with Crippen LogP contribution in [0.25, 0.3) is 0 Å². The molecule has 0 radical (unpaired) electrons. The van der Waals surface area contributed by atoms with Crippen molar-refractivity contribution in [1.29, 1.82) is 0 Å². The molecule has 1 heterocycles. The van der Waals surface area contributed by atoms with Crippen LogP contribution in [0.2, 0.25) is 5.02 Å². The minimum atomic E-state index is -0.516. The zero-order valence-electron chi connectivity index (χ0n) is 16.4. The van der Waals surface area contributed by atoms with Crippen molar-refractivity contribution in [3.05, 3.63) is 82.6 Å². The van der Waals surface area contributed by atoms with Gasteiger partial charge in [-0.25, -0.2) is 0 Å². The lowest BCUT2D eigenvalue weighted by Crippen LogP contribution is -2.30. The van der Waals surface area contributed by atoms with Gasteiger partial charge in [0, 0.05) is 43.8 Å². The lowest BCUT2D eigenvalue weighted by Gasteiger charge is -2.24. The van der Waals surface area contributed by atoms with Gasteiger partial charge in [-0.05, 0) is 48.0 Å². The molecule has 0 fully saturated rings. The summed E-state index contributed by atoms with van der Waals surface area (Å²) in [6, 6.07) is 12.4. The molecule has 0 spiro atoms. The van der Waals surface area contributed by atoms with Crippen LogP contribution in [-0.4, -0.2) is 46.0 Å². The zero-order valence-corrected chi connectivity index (χ0v) is 17.2. The van der Waals surface area contributed by atoms with E-state index in [1.807, 2.05) is 0 Å². The van der Waals surface area contributed by atoms with Crippen LogP contribution in [0.1, 0.15) is 26.3 Å². The molecule has 0 bridgehead atoms. The summed E-state index contributed by atoms with van der Waals surface area (Å²) in [6.07, 6.45) is 3.23. The first kappa shape index (κ1) is 21.1. The van der Waals surface area contributed by atoms with E-state index in [2.05, 4.69) is 4.98 Å². The largest absolute Gasteiger partial charge is 0.507 e. The quantitative estimate of drug-likeness (QED) is 0.650. The van der Waals surface area contributed by atoms with Crippen LogP contribution in [-0.2, 0) is 6.54 Å². The number of anilines is 1. The third-order valence-corrected chi connectivity index (χ3v) is 4.77. The number of rotatable bonds is 5. The van der Waals surface area contributed by atoms with Crippen molar-refractivity contribution in [2.24, 2.45) is 0 Å². The van der Waals surface area contributed by atoms with Crippen LogP contribution in [0.15, 0.2) is 60.9 Å². The molecule has 7 nitrogen and oxygen atoms in total. The van der Waals surface area contributed by atoms with Crippen LogP contribution in [0.4, 0.5) is 5.69 Å². The Morgan fingerprint density at radius 2 is 1.57 bits per heavy atom. The first-order chi connectivity index (χ1) is 14.3. The molecule has 2 N–H and O–H groups in total. The van der Waals surface area contributed by atoms with Crippen molar-refractivity contribution >= 4 is 29.1 Å². The second-order valence-corrected chi connectivity index (χ2v) is 7.22. The Labute approximate surface area is 178 Å². The van der Waals surface area contributed by atoms with Crippen LogP contribution in [0.5, 0.6) is 11.5 Å². The second-order valence-electron chi connectivity index (χ2n) is 6.81. The molecule has 2 aromatic carbocycles. The predicted octanol–water partition coefficient (Wildman–Crippen LogP) is 3.70. The Hall–Kier alpha value is -3.58. The summed E-state index contributed by atoms with van der Waals surface area (Å²) in [4.78, 5) is 32.3. The van der Waals surface area contributed by atoms with Crippen LogP contribution in [0.3, 0.4) is 0 Å². The van der Waals surface area contributed by atoms with Crippen molar-refractivity contribution in [3.63, 3.8) is 0 Å². The van der Waals surface area contributed by atoms with Crippen molar-refractivity contribution in [3.8, 4) is 11.5 Å². The first-order valence-corrected chi connectivity index (χ1v) is 9.39. The minimum Gasteiger partial charge on any atom is -0.507 e. The topological polar surface area (TPSA) is 94.0 Å². The van der Waals surface area contributed by atoms with E-state index in [1.54, 1.807) is 62.9 Å². The third-order valence-electron chi connectivity index (χ3n) is 4.46. The van der Waals surface area contributed by atoms with Gasteiger partial charge in [-0.1, -0.05) is 11.6 Å². The van der Waals surface area contributed by atoms with E-state index in [9.17, 15) is 19.8 Å². The second kappa shape index (κ2) is 8.84. The molecule has 0 aliphatic carbocycles. The maximum atomic E-state index is 13.3. The van der Waals surface area contributed by atoms with Gasteiger partial charge >= 0.3 is 0 Å². The molecule has 2 amide bonds. The lowest BCUT2D eigenvalue weighted by atomic mass is 10.1. The SMILES string of the molecule is CN(C)C(=O)c1ccc(N(Cc2ccncc2)C(=O)c2cc(Cl)c(O)cc2O)cc1. The number of hydrogen-bond donors (Lipinski definition) is 2. The molecule has 8 heteroatoms. The van der Waals surface area contributed by atoms with E-state index in [0.717, 1.165) is 11.6 Å². The Morgan fingerprint density at radius 1 is 0.933 bits per heavy atom. The Bertz CT molecular complexity index is 1070. The summed E-state index contributed by atoms with van der Waals surface area (Å²) >= 11 is 5.94. The van der Waals surface area contributed by atoms with Crippen molar-refractivity contribution in [1.82, 2.24) is 9.88 Å². The number of pyridine rings is 1. The summed E-state index contributed by atoms with van der Waals surface area (Å²) < 4.78 is 0. The van der Waals surface area contributed by atoms with Gasteiger partial charge < -0.3 is 20.0 Å². The van der Waals surface area contributed by atoms with Crippen LogP contribution in [0, 0.1) is 0 Å². The van der Waals surface area contributed by atoms with Crippen molar-refractivity contribution < 1.29 is 19.8 Å². The van der Waals surface area contributed by atoms with E-state index in [-0.39, 0.29) is 34.5 Å². The highest BCUT2D eigenvalue weighted by atomic mass is 35.5. The maximum absolute atomic E-state index is 13.3. The Balaban J connectivity index is 2.02. The predicted molar refractivity (Wildman–Crippen MR) is 114 cm³/mol. The highest BCUT2D eigenvalue weighted by Crippen LogP contribution is 2.33. The molecule has 30 heavy (non-hydrogen) atoms. The fourth-order valence-electron chi connectivity index (χ4n) is 2.86. The van der Waals surface area contributed by atoms with Crippen LogP contribution < -0.4 is 4.90 Å². The number of carbonyl (C=O) groups excluding carboxylic acids is 2. The average Bonchev–Trinajstić information content (AvgIpc) is 2.74. The number of carbonyl (C=O) groups is 2. The van der Waals surface area contributed by atoms with Crippen LogP contribution >= 0.6 is 11.6 Å². The highest BCUT2D eigenvalue weighted by molar-refractivity contribution is 6.32. The number of phenols is 2.